The van der Waals surface area contributed by atoms with E-state index >= 15 is 0 Å². The molecule has 0 aromatic heterocycles. The number of ether oxygens (including phenoxy) is 2. The minimum Gasteiger partial charge on any atom is -0.382 e. The fraction of sp³-hybridized carbons (Fsp3) is 0.207. The number of nitrogens with zero attached hydrogens (tertiary/aromatic N) is 1. The van der Waals surface area contributed by atoms with Crippen LogP contribution in [-0.4, -0.2) is 44.9 Å². The molecular formula is C58H35NO2. The molecule has 4 aliphatic carbocycles. The lowest BCUT2D eigenvalue weighted by Gasteiger charge is -2.43. The van der Waals surface area contributed by atoms with Crippen LogP contribution in [0.25, 0.3) is 141 Å². The molecule has 0 saturated carbocycles. The van der Waals surface area contributed by atoms with Gasteiger partial charge in [-0.1, -0.05) is 77.9 Å². The summed E-state index contributed by atoms with van der Waals surface area (Å²) >= 11 is 0. The minimum absolute atomic E-state index is 0.0831. The molecule has 1 aliphatic heterocycles. The summed E-state index contributed by atoms with van der Waals surface area (Å²) in [5.41, 5.74) is 12.3. The predicted molar refractivity (Wildman–Crippen MR) is 252 cm³/mol. The van der Waals surface area contributed by atoms with Gasteiger partial charge in [0.1, 0.15) is 0 Å². The number of methoxy groups -OCH3 is 1. The van der Waals surface area contributed by atoms with Gasteiger partial charge >= 0.3 is 0 Å². The highest BCUT2D eigenvalue weighted by Crippen LogP contribution is 2.70. The number of likely N-dealkylation sites (tertiary alicyclic amines) is 1. The molecule has 3 atom stereocenters. The Kier molecular flexibility index (Phi) is 4.47. The summed E-state index contributed by atoms with van der Waals surface area (Å²) < 4.78 is 11.8. The third-order valence-corrected chi connectivity index (χ3v) is 18.2. The van der Waals surface area contributed by atoms with Crippen LogP contribution in [0.4, 0.5) is 0 Å². The third-order valence-electron chi connectivity index (χ3n) is 18.2. The molecule has 3 unspecified atom stereocenters. The molecule has 0 amide bonds. The first kappa shape index (κ1) is 30.0. The van der Waals surface area contributed by atoms with Gasteiger partial charge in [0.2, 0.25) is 0 Å². The summed E-state index contributed by atoms with van der Waals surface area (Å²) in [6.45, 7) is 3.94. The van der Waals surface area contributed by atoms with E-state index in [0.717, 1.165) is 32.4 Å². The van der Waals surface area contributed by atoms with Gasteiger partial charge in [-0.05, 0) is 200 Å². The molecule has 1 fully saturated rings. The molecule has 3 heteroatoms. The van der Waals surface area contributed by atoms with Crippen LogP contribution in [0.3, 0.4) is 0 Å². The zero-order valence-corrected chi connectivity index (χ0v) is 33.7. The van der Waals surface area contributed by atoms with Crippen LogP contribution in [0.5, 0.6) is 0 Å². The van der Waals surface area contributed by atoms with Crippen LogP contribution in [0.2, 0.25) is 0 Å². The van der Waals surface area contributed by atoms with Crippen molar-refractivity contribution in [1.82, 2.24) is 4.90 Å². The number of rotatable bonds is 8. The quantitative estimate of drug-likeness (QED) is 0.113. The van der Waals surface area contributed by atoms with E-state index in [1.807, 2.05) is 0 Å². The molecular weight excluding hydrogens is 743 g/mol. The number of fused-ring (bicyclic) bond motifs is 1. The van der Waals surface area contributed by atoms with Crippen LogP contribution in [0.15, 0.2) is 84.9 Å². The number of hydrogen-bond donors (Lipinski definition) is 0. The molecule has 14 aromatic rings. The Bertz CT molecular complexity index is 4410. The summed E-state index contributed by atoms with van der Waals surface area (Å²) in [4.78, 5) is 2.88. The molecule has 19 rings (SSSR count). The molecule has 284 valence electrons. The van der Waals surface area contributed by atoms with Crippen molar-refractivity contribution in [3.8, 4) is 11.1 Å². The van der Waals surface area contributed by atoms with Crippen molar-refractivity contribution in [3.63, 3.8) is 0 Å². The average Bonchev–Trinajstić information content (AvgIpc) is 4.14. The second-order valence-corrected chi connectivity index (χ2v) is 20.2. The van der Waals surface area contributed by atoms with E-state index in [2.05, 4.69) is 89.8 Å². The Hall–Kier alpha value is -6.10. The molecule has 1 saturated heterocycles. The Labute approximate surface area is 348 Å². The number of benzene rings is 10. The summed E-state index contributed by atoms with van der Waals surface area (Å²) in [7, 11) is 1.77. The van der Waals surface area contributed by atoms with E-state index in [9.17, 15) is 0 Å². The van der Waals surface area contributed by atoms with E-state index in [-0.39, 0.29) is 11.5 Å². The topological polar surface area (TPSA) is 21.7 Å². The highest BCUT2D eigenvalue weighted by atomic mass is 16.5. The molecule has 1 heterocycles. The maximum Gasteiger partial charge on any atom is 0.0700 e. The monoisotopic (exact) mass is 777 g/mol. The van der Waals surface area contributed by atoms with E-state index in [4.69, 9.17) is 9.47 Å². The molecule has 1 spiro atoms. The molecule has 3 nitrogen and oxygen atoms in total. The molecule has 0 radical (unpaired) electrons. The first-order chi connectivity index (χ1) is 30.2. The fourth-order valence-electron chi connectivity index (χ4n) is 16.7. The smallest absolute Gasteiger partial charge is 0.0700 e. The highest BCUT2D eigenvalue weighted by molar-refractivity contribution is 6.63. The third kappa shape index (κ3) is 2.75. The lowest BCUT2D eigenvalue weighted by molar-refractivity contribution is 0.0525. The van der Waals surface area contributed by atoms with Gasteiger partial charge in [-0.25, -0.2) is 0 Å². The lowest BCUT2D eigenvalue weighted by Crippen LogP contribution is -2.44. The van der Waals surface area contributed by atoms with Gasteiger partial charge in [0.25, 0.3) is 0 Å². The standard InChI is InChI=1S/C58H35NO2/c1-60-13-14-61-12-11-59-23-35-34-21-32-19-29-17-30-16-27-15-28-18-31-20-33-22-58(35,57(59)26-9-7-25(8-10-26)24-5-3-2-4-6-24)56-42(33)47-41(31)46-37(28)36(27)44-40(30)45-38(29)39(32)48-43(34)55(56)54-52(47)50(46)49(44)51(45)53(48)54/h2-10,15-18,20,35,57H,11-14,19,21-23H2,1H3. The maximum atomic E-state index is 6.34. The van der Waals surface area contributed by atoms with Crippen molar-refractivity contribution in [1.29, 1.82) is 0 Å². The van der Waals surface area contributed by atoms with Gasteiger partial charge < -0.3 is 9.47 Å². The summed E-state index contributed by atoms with van der Waals surface area (Å²) in [5.74, 6) is 0.418. The summed E-state index contributed by atoms with van der Waals surface area (Å²) in [5, 5.41) is 37.9. The van der Waals surface area contributed by atoms with Gasteiger partial charge in [0.15, 0.2) is 0 Å². The van der Waals surface area contributed by atoms with E-state index in [1.54, 1.807) is 132 Å². The average molecular weight is 778 g/mol. The van der Waals surface area contributed by atoms with Crippen molar-refractivity contribution in [3.05, 3.63) is 118 Å². The molecule has 61 heavy (non-hydrogen) atoms. The molecule has 0 bridgehead atoms. The van der Waals surface area contributed by atoms with Crippen molar-refractivity contribution in [2.75, 3.05) is 40.0 Å². The van der Waals surface area contributed by atoms with Crippen LogP contribution < -0.4 is 10.4 Å². The predicted octanol–water partition coefficient (Wildman–Crippen LogP) is 11.4. The van der Waals surface area contributed by atoms with Crippen molar-refractivity contribution in [2.24, 2.45) is 5.92 Å². The van der Waals surface area contributed by atoms with E-state index in [1.165, 1.54) is 49.0 Å². The normalized spacial score (nSPS) is 22.2. The summed E-state index contributed by atoms with van der Waals surface area (Å²) in [6, 6.07) is 34.0. The highest BCUT2D eigenvalue weighted by Gasteiger charge is 2.62. The van der Waals surface area contributed by atoms with Crippen LogP contribution >= 0.6 is 0 Å². The zero-order chi connectivity index (χ0) is 38.7. The molecule has 14 aromatic carbocycles. The van der Waals surface area contributed by atoms with Crippen LogP contribution in [-0.2, 0) is 27.7 Å². The Morgan fingerprint density at radius 1 is 0.541 bits per heavy atom. The number of hydrogen-bond acceptors (Lipinski definition) is 3. The first-order valence-corrected chi connectivity index (χ1v) is 22.7. The Balaban J connectivity index is 1.02. The van der Waals surface area contributed by atoms with E-state index < -0.39 is 0 Å². The first-order valence-electron chi connectivity index (χ1n) is 22.7. The minimum atomic E-state index is -0.0831. The lowest BCUT2D eigenvalue weighted by atomic mass is 9.60. The Morgan fingerprint density at radius 3 is 1.89 bits per heavy atom. The fourth-order valence-corrected chi connectivity index (χ4v) is 16.7. The molecule has 5 aliphatic rings. The van der Waals surface area contributed by atoms with Gasteiger partial charge in [0, 0.05) is 37.6 Å². The summed E-state index contributed by atoms with van der Waals surface area (Å²) in [6.07, 6.45) is 3.28. The zero-order valence-electron chi connectivity index (χ0n) is 33.7. The largest absolute Gasteiger partial charge is 0.382 e. The van der Waals surface area contributed by atoms with Gasteiger partial charge in [-0.2, -0.15) is 0 Å². The van der Waals surface area contributed by atoms with Crippen molar-refractivity contribution >= 4 is 130 Å². The van der Waals surface area contributed by atoms with Crippen LogP contribution in [0, 0.1) is 5.92 Å². The van der Waals surface area contributed by atoms with Crippen molar-refractivity contribution < 1.29 is 9.47 Å². The maximum absolute atomic E-state index is 6.34. The SMILES string of the molecule is COCCOCCN1CC2C3=c4c5c6c7c(cc8cc9cc%10cc%11cc%12c%13c(c4c4c5c5c7c8c7c9c%10c8c%11c%13c4c8c75)=C(C3)C%12)CC62C1c1ccc(-c2ccccc2)cc1. The van der Waals surface area contributed by atoms with Crippen LogP contribution in [0.1, 0.15) is 34.7 Å². The van der Waals surface area contributed by atoms with Gasteiger partial charge in [-0.3, -0.25) is 4.90 Å². The second kappa shape index (κ2) is 9.08. The second-order valence-electron chi connectivity index (χ2n) is 20.2. The van der Waals surface area contributed by atoms with Crippen molar-refractivity contribution in [2.45, 2.75) is 30.7 Å². The van der Waals surface area contributed by atoms with Gasteiger partial charge in [-0.15, -0.1) is 0 Å². The molecule has 0 N–H and O–H groups in total. The van der Waals surface area contributed by atoms with Gasteiger partial charge in [0.05, 0.1) is 19.8 Å². The van der Waals surface area contributed by atoms with E-state index in [0.29, 0.717) is 25.7 Å². The Morgan fingerprint density at radius 2 is 1.15 bits per heavy atom.